The molecular weight excluding hydrogens is 487 g/mol. The number of H-pyrrole nitrogens is 1. The topological polar surface area (TPSA) is 163 Å². The van der Waals surface area contributed by atoms with Gasteiger partial charge in [0.25, 0.3) is 5.56 Å². The summed E-state index contributed by atoms with van der Waals surface area (Å²) in [5.74, 6) is -0.414. The number of hydrogen-bond acceptors (Lipinski definition) is 9. The monoisotopic (exact) mass is 516 g/mol. The van der Waals surface area contributed by atoms with Crippen molar-refractivity contribution < 1.29 is 23.1 Å². The number of fused-ring (bicyclic) bond motifs is 1. The summed E-state index contributed by atoms with van der Waals surface area (Å²) in [6, 6.07) is 7.41. The fourth-order valence-electron chi connectivity index (χ4n) is 3.84. The molecule has 4 atom stereocenters. The largest absolute Gasteiger partial charge is 0.462 e. The van der Waals surface area contributed by atoms with E-state index in [0.29, 0.717) is 17.8 Å². The van der Waals surface area contributed by atoms with Gasteiger partial charge in [-0.25, -0.2) is 9.55 Å². The van der Waals surface area contributed by atoms with Gasteiger partial charge in [-0.1, -0.05) is 24.8 Å². The van der Waals surface area contributed by atoms with Gasteiger partial charge in [0, 0.05) is 5.92 Å². The van der Waals surface area contributed by atoms with Crippen LogP contribution in [0.3, 0.4) is 0 Å². The molecule has 4 N–H and O–H groups in total. The fourth-order valence-corrected chi connectivity index (χ4v) is 5.38. The van der Waals surface area contributed by atoms with E-state index in [1.165, 1.54) is 13.3 Å². The highest BCUT2D eigenvalue weighted by Gasteiger charge is 2.40. The number of nitrogens with one attached hydrogen (secondary N) is 2. The molecule has 2 aromatic heterocycles. The number of aromatic nitrogens is 4. The van der Waals surface area contributed by atoms with Gasteiger partial charge in [-0.3, -0.25) is 19.1 Å². The molecule has 1 aromatic carbocycles. The molecule has 12 nitrogen and oxygen atoms in total. The molecule has 0 aliphatic heterocycles. The normalized spacial score (nSPS) is 20.1. The zero-order chi connectivity index (χ0) is 26.0. The van der Waals surface area contributed by atoms with Crippen molar-refractivity contribution in [2.24, 2.45) is 5.92 Å². The molecule has 1 saturated carbocycles. The molecule has 192 valence electrons. The zero-order valence-corrected chi connectivity index (χ0v) is 21.1. The molecule has 2 unspecified atom stereocenters. The quantitative estimate of drug-likeness (QED) is 0.207. The number of carbonyl (C=O) groups is 1. The smallest absolute Gasteiger partial charge is 0.459 e. The van der Waals surface area contributed by atoms with Crippen molar-refractivity contribution in [1.29, 1.82) is 0 Å². The average molecular weight is 516 g/mol. The third-order valence-corrected chi connectivity index (χ3v) is 7.36. The van der Waals surface area contributed by atoms with Crippen molar-refractivity contribution in [3.05, 3.63) is 59.2 Å². The third kappa shape index (κ3) is 5.51. The second-order valence-electron chi connectivity index (χ2n) is 8.83. The van der Waals surface area contributed by atoms with E-state index in [2.05, 4.69) is 26.6 Å². The second-order valence-corrected chi connectivity index (χ2v) is 10.5. The Balaban J connectivity index is 1.45. The van der Waals surface area contributed by atoms with E-state index in [-0.39, 0.29) is 36.1 Å². The van der Waals surface area contributed by atoms with Gasteiger partial charge in [0.2, 0.25) is 5.95 Å². The maximum atomic E-state index is 13.6. The number of rotatable bonds is 10. The van der Waals surface area contributed by atoms with Crippen molar-refractivity contribution in [2.75, 3.05) is 12.3 Å². The van der Waals surface area contributed by atoms with E-state index in [1.807, 2.05) is 0 Å². The average Bonchev–Trinajstić information content (AvgIpc) is 3.21. The van der Waals surface area contributed by atoms with Crippen LogP contribution in [0.5, 0.6) is 5.75 Å². The highest BCUT2D eigenvalue weighted by molar-refractivity contribution is 7.52. The molecular formula is C23H29N6O6P. The SMILES string of the molecule is C=C1[C@H](COP(=O)(NC(C)C(=O)OC(C)C)Oc2ccccc2)C[C@@H]1n1cnc2c(=O)[nH]c(N)nc21. The molecule has 36 heavy (non-hydrogen) atoms. The van der Waals surface area contributed by atoms with Crippen molar-refractivity contribution in [1.82, 2.24) is 24.6 Å². The van der Waals surface area contributed by atoms with Crippen LogP contribution in [-0.2, 0) is 18.6 Å². The maximum absolute atomic E-state index is 13.6. The first-order chi connectivity index (χ1) is 17.1. The van der Waals surface area contributed by atoms with Gasteiger partial charge < -0.3 is 19.6 Å². The summed E-state index contributed by atoms with van der Waals surface area (Å²) in [7, 11) is -3.97. The number of para-hydroxylation sites is 1. The maximum Gasteiger partial charge on any atom is 0.459 e. The number of hydrogen-bond donors (Lipinski definition) is 3. The van der Waals surface area contributed by atoms with E-state index in [4.69, 9.17) is 19.5 Å². The molecule has 0 radical (unpaired) electrons. The Bertz CT molecular complexity index is 1370. The fraction of sp³-hybridized carbons (Fsp3) is 0.391. The number of benzene rings is 1. The minimum absolute atomic E-state index is 0.00532. The minimum atomic E-state index is -3.97. The number of esters is 1. The van der Waals surface area contributed by atoms with Crippen molar-refractivity contribution >= 4 is 30.8 Å². The summed E-state index contributed by atoms with van der Waals surface area (Å²) >= 11 is 0. The van der Waals surface area contributed by atoms with Gasteiger partial charge in [0.1, 0.15) is 11.8 Å². The molecule has 2 heterocycles. The first-order valence-electron chi connectivity index (χ1n) is 11.4. The van der Waals surface area contributed by atoms with Crippen molar-refractivity contribution in [2.45, 2.75) is 45.4 Å². The highest BCUT2D eigenvalue weighted by Crippen LogP contribution is 2.49. The minimum Gasteiger partial charge on any atom is -0.462 e. The molecule has 0 amide bonds. The molecule has 1 aliphatic carbocycles. The highest BCUT2D eigenvalue weighted by atomic mass is 31.2. The van der Waals surface area contributed by atoms with E-state index in [9.17, 15) is 14.2 Å². The van der Waals surface area contributed by atoms with Crippen LogP contribution in [-0.4, -0.2) is 44.2 Å². The molecule has 1 fully saturated rings. The van der Waals surface area contributed by atoms with Crippen LogP contribution in [0.4, 0.5) is 5.95 Å². The number of anilines is 1. The lowest BCUT2D eigenvalue weighted by molar-refractivity contribution is -0.149. The Kier molecular flexibility index (Phi) is 7.30. The second kappa shape index (κ2) is 10.3. The van der Waals surface area contributed by atoms with Gasteiger partial charge in [0.15, 0.2) is 11.2 Å². The molecule has 0 bridgehead atoms. The number of nitrogens with two attached hydrogens (primary N) is 1. The third-order valence-electron chi connectivity index (χ3n) is 5.72. The van der Waals surface area contributed by atoms with Gasteiger partial charge in [-0.05, 0) is 44.9 Å². The van der Waals surface area contributed by atoms with Crippen LogP contribution in [0.2, 0.25) is 0 Å². The van der Waals surface area contributed by atoms with E-state index in [0.717, 1.165) is 5.57 Å². The van der Waals surface area contributed by atoms with Crippen LogP contribution in [0, 0.1) is 5.92 Å². The first kappa shape index (κ1) is 25.6. The Morgan fingerprint density at radius 2 is 2.06 bits per heavy atom. The van der Waals surface area contributed by atoms with E-state index < -0.39 is 25.3 Å². The molecule has 0 saturated heterocycles. The van der Waals surface area contributed by atoms with Gasteiger partial charge in [-0.15, -0.1) is 0 Å². The predicted molar refractivity (Wildman–Crippen MR) is 133 cm³/mol. The van der Waals surface area contributed by atoms with Crippen LogP contribution in [0.15, 0.2) is 53.6 Å². The summed E-state index contributed by atoms with van der Waals surface area (Å²) in [5, 5.41) is 2.67. The van der Waals surface area contributed by atoms with Crippen LogP contribution >= 0.6 is 7.75 Å². The Morgan fingerprint density at radius 3 is 2.72 bits per heavy atom. The van der Waals surface area contributed by atoms with Gasteiger partial charge in [0.05, 0.1) is 25.1 Å². The van der Waals surface area contributed by atoms with Crippen molar-refractivity contribution in [3.63, 3.8) is 0 Å². The molecule has 1 aliphatic rings. The van der Waals surface area contributed by atoms with Gasteiger partial charge >= 0.3 is 13.7 Å². The number of imidazole rings is 1. The van der Waals surface area contributed by atoms with Crippen LogP contribution in [0.1, 0.15) is 33.2 Å². The first-order valence-corrected chi connectivity index (χ1v) is 13.0. The molecule has 0 spiro atoms. The van der Waals surface area contributed by atoms with Gasteiger partial charge in [-0.2, -0.15) is 10.1 Å². The number of aromatic amines is 1. The molecule has 13 heteroatoms. The lowest BCUT2D eigenvalue weighted by Gasteiger charge is -2.39. The lowest BCUT2D eigenvalue weighted by atomic mass is 9.76. The van der Waals surface area contributed by atoms with Crippen LogP contribution in [0.25, 0.3) is 11.2 Å². The van der Waals surface area contributed by atoms with Crippen molar-refractivity contribution in [3.8, 4) is 5.75 Å². The number of nitrogens with zero attached hydrogens (tertiary/aromatic N) is 3. The number of carbonyl (C=O) groups excluding carboxylic acids is 1. The Hall–Kier alpha value is -3.47. The standard InChI is InChI=1S/C23H29N6O6P/c1-13(2)34-22(31)15(4)28-36(32,35-17-8-6-5-7-9-17)33-11-16-10-18(14(16)3)29-12-25-19-20(29)26-23(24)27-21(19)30/h5-9,12-13,15-16,18H,3,10-11H2,1-2,4H3,(H,28,32)(H3,24,26,27,30)/t15?,16-,18-,36?/m0/s1. The summed E-state index contributed by atoms with van der Waals surface area (Å²) in [6.07, 6.45) is 1.77. The molecule has 4 rings (SSSR count). The predicted octanol–water partition coefficient (Wildman–Crippen LogP) is 2.95. The zero-order valence-electron chi connectivity index (χ0n) is 20.2. The summed E-state index contributed by atoms with van der Waals surface area (Å²) in [6.45, 7) is 9.14. The number of ether oxygens (including phenoxy) is 1. The summed E-state index contributed by atoms with van der Waals surface area (Å²) in [4.78, 5) is 35.1. The van der Waals surface area contributed by atoms with E-state index >= 15 is 0 Å². The number of nitrogen functional groups attached to an aromatic ring is 1. The Labute approximate surface area is 207 Å². The van der Waals surface area contributed by atoms with E-state index in [1.54, 1.807) is 48.7 Å². The summed E-state index contributed by atoms with van der Waals surface area (Å²) < 4.78 is 32.0. The Morgan fingerprint density at radius 1 is 1.33 bits per heavy atom. The summed E-state index contributed by atoms with van der Waals surface area (Å²) in [5.41, 5.74) is 6.60. The van der Waals surface area contributed by atoms with Crippen LogP contribution < -0.4 is 20.9 Å². The molecule has 3 aromatic rings. The lowest BCUT2D eigenvalue weighted by Crippen LogP contribution is -2.37.